The van der Waals surface area contributed by atoms with Crippen LogP contribution in [0.4, 0.5) is 0 Å². The van der Waals surface area contributed by atoms with Crippen LogP contribution in [0.25, 0.3) is 0 Å². The van der Waals surface area contributed by atoms with Crippen molar-refractivity contribution in [1.29, 1.82) is 0 Å². The number of ether oxygens (including phenoxy) is 2. The van der Waals surface area contributed by atoms with Crippen molar-refractivity contribution in [2.24, 2.45) is 0 Å². The molecule has 0 saturated heterocycles. The van der Waals surface area contributed by atoms with E-state index in [0.717, 1.165) is 23.6 Å². The van der Waals surface area contributed by atoms with Crippen molar-refractivity contribution in [3.63, 3.8) is 0 Å². The van der Waals surface area contributed by atoms with Crippen molar-refractivity contribution in [1.82, 2.24) is 10.6 Å². The largest absolute Gasteiger partial charge is 0.497 e. The second kappa shape index (κ2) is 7.31. The minimum absolute atomic E-state index is 0.0287. The van der Waals surface area contributed by atoms with Gasteiger partial charge in [-0.05, 0) is 44.9 Å². The molecule has 1 saturated carbocycles. The maximum absolute atomic E-state index is 11.7. The van der Waals surface area contributed by atoms with Gasteiger partial charge >= 0.3 is 0 Å². The Bertz CT molecular complexity index is 484. The lowest BCUT2D eigenvalue weighted by Crippen LogP contribution is -2.34. The molecule has 1 amide bonds. The summed E-state index contributed by atoms with van der Waals surface area (Å²) in [5.41, 5.74) is 1.01. The van der Waals surface area contributed by atoms with Crippen molar-refractivity contribution < 1.29 is 14.3 Å². The molecular formula is C16H24N2O3. The van der Waals surface area contributed by atoms with Gasteiger partial charge in [-0.2, -0.15) is 0 Å². The van der Waals surface area contributed by atoms with E-state index in [2.05, 4.69) is 10.6 Å². The van der Waals surface area contributed by atoms with Crippen LogP contribution < -0.4 is 20.1 Å². The Morgan fingerprint density at radius 3 is 2.76 bits per heavy atom. The zero-order valence-electron chi connectivity index (χ0n) is 12.9. The molecule has 21 heavy (non-hydrogen) atoms. The van der Waals surface area contributed by atoms with Crippen molar-refractivity contribution >= 4 is 5.91 Å². The lowest BCUT2D eigenvalue weighted by atomic mass is 10.2. The van der Waals surface area contributed by atoms with Crippen molar-refractivity contribution in [2.75, 3.05) is 13.7 Å². The predicted molar refractivity (Wildman–Crippen MR) is 81.6 cm³/mol. The molecule has 0 aliphatic heterocycles. The van der Waals surface area contributed by atoms with Gasteiger partial charge in [-0.1, -0.05) is 0 Å². The van der Waals surface area contributed by atoms with E-state index >= 15 is 0 Å². The van der Waals surface area contributed by atoms with Crippen molar-refractivity contribution in [3.05, 3.63) is 23.8 Å². The molecule has 116 valence electrons. The highest BCUT2D eigenvalue weighted by Crippen LogP contribution is 2.26. The maximum atomic E-state index is 11.7. The van der Waals surface area contributed by atoms with E-state index in [1.165, 1.54) is 12.8 Å². The van der Waals surface area contributed by atoms with Crippen LogP contribution >= 0.6 is 0 Å². The monoisotopic (exact) mass is 292 g/mol. The molecule has 1 fully saturated rings. The fourth-order valence-corrected chi connectivity index (χ4v) is 2.01. The average Bonchev–Trinajstić information content (AvgIpc) is 3.26. The second-order valence-electron chi connectivity index (χ2n) is 5.64. The Labute approximate surface area is 126 Å². The van der Waals surface area contributed by atoms with Crippen LogP contribution in [0, 0.1) is 0 Å². The third kappa shape index (κ3) is 5.27. The topological polar surface area (TPSA) is 59.6 Å². The molecule has 5 heteroatoms. The summed E-state index contributed by atoms with van der Waals surface area (Å²) in [4.78, 5) is 11.7. The van der Waals surface area contributed by atoms with Gasteiger partial charge in [0.2, 0.25) is 0 Å². The molecular weight excluding hydrogens is 268 g/mol. The summed E-state index contributed by atoms with van der Waals surface area (Å²) in [5.74, 6) is 1.41. The van der Waals surface area contributed by atoms with Crippen LogP contribution in [0.5, 0.6) is 11.5 Å². The van der Waals surface area contributed by atoms with Gasteiger partial charge < -0.3 is 20.1 Å². The number of carbonyl (C=O) groups excluding carboxylic acids is 1. The molecule has 1 aromatic carbocycles. The minimum atomic E-state index is -0.109. The second-order valence-corrected chi connectivity index (χ2v) is 5.64. The van der Waals surface area contributed by atoms with Gasteiger partial charge in [-0.3, -0.25) is 4.79 Å². The number of hydrogen-bond donors (Lipinski definition) is 2. The first-order valence-electron chi connectivity index (χ1n) is 7.41. The molecule has 0 spiro atoms. The molecule has 0 heterocycles. The molecule has 2 rings (SSSR count). The fraction of sp³-hybridized carbons (Fsp3) is 0.562. The van der Waals surface area contributed by atoms with Gasteiger partial charge in [0.25, 0.3) is 5.91 Å². The van der Waals surface area contributed by atoms with Gasteiger partial charge in [0.15, 0.2) is 6.61 Å². The van der Waals surface area contributed by atoms with E-state index in [0.29, 0.717) is 6.04 Å². The third-order valence-electron chi connectivity index (χ3n) is 3.23. The lowest BCUT2D eigenvalue weighted by molar-refractivity contribution is -0.123. The smallest absolute Gasteiger partial charge is 0.258 e. The van der Waals surface area contributed by atoms with Gasteiger partial charge in [0.05, 0.1) is 7.11 Å². The SMILES string of the molecule is COc1ccc(OCC(=O)NC(C)C)c(CNC2CC2)c1. The quantitative estimate of drug-likeness (QED) is 0.768. The number of hydrogen-bond acceptors (Lipinski definition) is 4. The van der Waals surface area contributed by atoms with Crippen LogP contribution in [0.15, 0.2) is 18.2 Å². The third-order valence-corrected chi connectivity index (χ3v) is 3.23. The highest BCUT2D eigenvalue weighted by atomic mass is 16.5. The number of amides is 1. The highest BCUT2D eigenvalue weighted by molar-refractivity contribution is 5.77. The van der Waals surface area contributed by atoms with Crippen LogP contribution in [-0.2, 0) is 11.3 Å². The number of benzene rings is 1. The number of methoxy groups -OCH3 is 1. The number of nitrogens with one attached hydrogen (secondary N) is 2. The van der Waals surface area contributed by atoms with Gasteiger partial charge in [-0.15, -0.1) is 0 Å². The van der Waals surface area contributed by atoms with E-state index < -0.39 is 0 Å². The molecule has 1 aliphatic carbocycles. The van der Waals surface area contributed by atoms with Crippen LogP contribution in [0.3, 0.4) is 0 Å². The lowest BCUT2D eigenvalue weighted by Gasteiger charge is -2.14. The van der Waals surface area contributed by atoms with E-state index in [-0.39, 0.29) is 18.6 Å². The Morgan fingerprint density at radius 2 is 2.14 bits per heavy atom. The van der Waals surface area contributed by atoms with E-state index in [1.54, 1.807) is 7.11 Å². The normalized spacial score (nSPS) is 14.1. The summed E-state index contributed by atoms with van der Waals surface area (Å²) in [6.45, 7) is 4.61. The predicted octanol–water partition coefficient (Wildman–Crippen LogP) is 1.85. The van der Waals surface area contributed by atoms with Gasteiger partial charge in [0, 0.05) is 24.2 Å². The fourth-order valence-electron chi connectivity index (χ4n) is 2.01. The summed E-state index contributed by atoms with van der Waals surface area (Å²) in [7, 11) is 1.64. The summed E-state index contributed by atoms with van der Waals surface area (Å²) >= 11 is 0. The Morgan fingerprint density at radius 1 is 1.38 bits per heavy atom. The average molecular weight is 292 g/mol. The molecule has 0 radical (unpaired) electrons. The maximum Gasteiger partial charge on any atom is 0.258 e. The Hall–Kier alpha value is -1.75. The molecule has 5 nitrogen and oxygen atoms in total. The molecule has 0 aromatic heterocycles. The van der Waals surface area contributed by atoms with Crippen LogP contribution in [0.2, 0.25) is 0 Å². The summed E-state index contributed by atoms with van der Waals surface area (Å²) < 4.78 is 10.9. The first-order valence-corrected chi connectivity index (χ1v) is 7.41. The molecule has 1 aromatic rings. The zero-order chi connectivity index (χ0) is 15.2. The number of rotatable bonds is 8. The Balaban J connectivity index is 1.96. The molecule has 2 N–H and O–H groups in total. The zero-order valence-corrected chi connectivity index (χ0v) is 12.9. The number of carbonyl (C=O) groups is 1. The van der Waals surface area contributed by atoms with Crippen LogP contribution in [0.1, 0.15) is 32.3 Å². The van der Waals surface area contributed by atoms with Crippen molar-refractivity contribution in [3.8, 4) is 11.5 Å². The highest BCUT2D eigenvalue weighted by Gasteiger charge is 2.21. The first kappa shape index (κ1) is 15.6. The Kier molecular flexibility index (Phi) is 5.44. The molecule has 0 bridgehead atoms. The van der Waals surface area contributed by atoms with Crippen LogP contribution in [-0.4, -0.2) is 31.7 Å². The summed E-state index contributed by atoms with van der Waals surface area (Å²) in [5, 5.41) is 6.26. The van der Waals surface area contributed by atoms with E-state index in [1.807, 2.05) is 32.0 Å². The molecule has 1 aliphatic rings. The summed E-state index contributed by atoms with van der Waals surface area (Å²) in [6, 6.07) is 6.38. The molecule has 0 atom stereocenters. The van der Waals surface area contributed by atoms with Gasteiger partial charge in [0.1, 0.15) is 11.5 Å². The van der Waals surface area contributed by atoms with E-state index in [4.69, 9.17) is 9.47 Å². The summed E-state index contributed by atoms with van der Waals surface area (Å²) in [6.07, 6.45) is 2.47. The molecule has 0 unspecified atom stereocenters. The minimum Gasteiger partial charge on any atom is -0.497 e. The van der Waals surface area contributed by atoms with Crippen molar-refractivity contribution in [2.45, 2.75) is 45.3 Å². The van der Waals surface area contributed by atoms with E-state index in [9.17, 15) is 4.79 Å². The van der Waals surface area contributed by atoms with Gasteiger partial charge in [-0.25, -0.2) is 0 Å². The standard InChI is InChI=1S/C16H24N2O3/c1-11(2)18-16(19)10-21-15-7-6-14(20-3)8-12(15)9-17-13-4-5-13/h6-8,11,13,17H,4-5,9-10H2,1-3H3,(H,18,19). The first-order chi connectivity index (χ1) is 10.1.